The number of nitrogens with zero attached hydrogens (tertiary/aromatic N) is 4. The standard InChI is InChI=1S/C29H36Cl2N6O5S3/c1-2-3-5-8-22-10-12-26(43-22)28-23(20-32-45(41,42)36-15-17-44(39,40)18-16-36)27(29(38)34-35-13-6-4-7-14-35)33-37(28)25-11-9-21(30)19-24(25)31/h9-12,19,32,39-40H,2-4,6-7,13-18,20H2,1H3,(H,34,38). The smallest absolute Gasteiger partial charge is 0.286 e. The van der Waals surface area contributed by atoms with E-state index >= 15 is 0 Å². The summed E-state index contributed by atoms with van der Waals surface area (Å²) in [5.41, 5.74) is 4.32. The molecule has 0 spiro atoms. The van der Waals surface area contributed by atoms with Crippen LogP contribution < -0.4 is 10.1 Å². The zero-order valence-corrected chi connectivity index (χ0v) is 28.7. The predicted octanol–water partition coefficient (Wildman–Crippen LogP) is 5.59. The fourth-order valence-corrected chi connectivity index (χ4v) is 9.16. The third-order valence-electron chi connectivity index (χ3n) is 7.48. The second kappa shape index (κ2) is 14.7. The molecule has 2 aromatic heterocycles. The molecule has 2 saturated heterocycles. The first-order valence-corrected chi connectivity index (χ1v) is 19.6. The number of nitrogens with one attached hydrogen (secondary N) is 2. The molecule has 2 aliphatic rings. The summed E-state index contributed by atoms with van der Waals surface area (Å²) in [4.78, 5) is 15.4. The number of benzene rings is 1. The summed E-state index contributed by atoms with van der Waals surface area (Å²) in [6.07, 6.45) is 4.67. The number of rotatable bonds is 9. The molecule has 4 heterocycles. The molecule has 45 heavy (non-hydrogen) atoms. The van der Waals surface area contributed by atoms with Crippen LogP contribution in [-0.2, 0) is 16.8 Å². The number of hydrogen-bond donors (Lipinski definition) is 4. The van der Waals surface area contributed by atoms with Gasteiger partial charge in [-0.25, -0.2) is 9.69 Å². The molecule has 2 fully saturated rings. The second-order valence-electron chi connectivity index (χ2n) is 10.8. The molecular formula is C29H36Cl2N6O5S3. The molecule has 0 saturated carbocycles. The molecule has 0 radical (unpaired) electrons. The van der Waals surface area contributed by atoms with Crippen molar-refractivity contribution in [1.29, 1.82) is 0 Å². The number of thiophene rings is 1. The van der Waals surface area contributed by atoms with Gasteiger partial charge in [-0.1, -0.05) is 48.4 Å². The van der Waals surface area contributed by atoms with Crippen LogP contribution in [0.2, 0.25) is 10.0 Å². The van der Waals surface area contributed by atoms with E-state index in [2.05, 4.69) is 28.9 Å². The Morgan fingerprint density at radius 1 is 1.09 bits per heavy atom. The molecule has 244 valence electrons. The van der Waals surface area contributed by atoms with Crippen molar-refractivity contribution in [2.45, 2.75) is 45.6 Å². The van der Waals surface area contributed by atoms with E-state index in [1.54, 1.807) is 22.9 Å². The van der Waals surface area contributed by atoms with Crippen LogP contribution in [0.25, 0.3) is 16.3 Å². The second-order valence-corrected chi connectivity index (χ2v) is 16.9. The first-order chi connectivity index (χ1) is 21.5. The third-order valence-corrected chi connectivity index (χ3v) is 12.3. The highest BCUT2D eigenvalue weighted by molar-refractivity contribution is 8.24. The summed E-state index contributed by atoms with van der Waals surface area (Å²) < 4.78 is 52.2. The number of amides is 1. The average Bonchev–Trinajstić information content (AvgIpc) is 3.61. The minimum Gasteiger partial charge on any atom is -0.299 e. The van der Waals surface area contributed by atoms with Crippen LogP contribution in [0.1, 0.15) is 60.0 Å². The Morgan fingerprint density at radius 3 is 2.51 bits per heavy atom. The molecule has 0 unspecified atom stereocenters. The number of hydrazine groups is 1. The van der Waals surface area contributed by atoms with E-state index in [-0.39, 0.29) is 36.8 Å². The molecule has 4 N–H and O–H groups in total. The Hall–Kier alpha value is -2.16. The van der Waals surface area contributed by atoms with Crippen molar-refractivity contribution in [1.82, 2.24) is 29.2 Å². The first-order valence-electron chi connectivity index (χ1n) is 14.7. The minimum atomic E-state index is -4.05. The molecule has 0 aliphatic carbocycles. The SMILES string of the molecule is CCCC#Cc1ccc(-c2c(CNS(=O)(=O)N3CCS(O)(O)CC3)c(C(=O)NN3CCCCC3)nn2-c2ccc(Cl)cc2Cl)s1. The van der Waals surface area contributed by atoms with E-state index < -0.39 is 26.7 Å². The lowest BCUT2D eigenvalue weighted by atomic mass is 10.1. The van der Waals surface area contributed by atoms with Crippen LogP contribution in [-0.4, -0.2) is 80.2 Å². The number of carbonyl (C=O) groups is 1. The van der Waals surface area contributed by atoms with E-state index in [1.165, 1.54) is 15.6 Å². The maximum atomic E-state index is 13.8. The van der Waals surface area contributed by atoms with E-state index in [0.717, 1.165) is 37.0 Å². The Kier molecular flexibility index (Phi) is 11.2. The van der Waals surface area contributed by atoms with Crippen molar-refractivity contribution in [3.63, 3.8) is 0 Å². The van der Waals surface area contributed by atoms with Gasteiger partial charge in [-0.2, -0.15) is 33.1 Å². The largest absolute Gasteiger partial charge is 0.299 e. The topological polar surface area (TPSA) is 140 Å². The summed E-state index contributed by atoms with van der Waals surface area (Å²) in [5, 5.41) is 7.32. The van der Waals surface area contributed by atoms with Crippen molar-refractivity contribution in [3.05, 3.63) is 56.5 Å². The lowest BCUT2D eigenvalue weighted by Crippen LogP contribution is -2.47. The van der Waals surface area contributed by atoms with Gasteiger partial charge < -0.3 is 0 Å². The van der Waals surface area contributed by atoms with E-state index in [0.29, 0.717) is 45.0 Å². The number of unbranched alkanes of at least 4 members (excludes halogenated alkanes) is 1. The highest BCUT2D eigenvalue weighted by Crippen LogP contribution is 2.41. The van der Waals surface area contributed by atoms with Crippen LogP contribution in [0.3, 0.4) is 0 Å². The summed E-state index contributed by atoms with van der Waals surface area (Å²) in [6.45, 7) is 3.13. The van der Waals surface area contributed by atoms with Gasteiger partial charge in [0.1, 0.15) is 0 Å². The van der Waals surface area contributed by atoms with Crippen molar-refractivity contribution < 1.29 is 22.3 Å². The monoisotopic (exact) mass is 714 g/mol. The summed E-state index contributed by atoms with van der Waals surface area (Å²) in [6, 6.07) is 8.70. The number of aromatic nitrogens is 2. The molecule has 2 aliphatic heterocycles. The van der Waals surface area contributed by atoms with Crippen LogP contribution in [0.5, 0.6) is 0 Å². The fourth-order valence-electron chi connectivity index (χ4n) is 5.09. The van der Waals surface area contributed by atoms with Gasteiger partial charge in [0.25, 0.3) is 16.1 Å². The van der Waals surface area contributed by atoms with E-state index in [9.17, 15) is 22.3 Å². The van der Waals surface area contributed by atoms with Gasteiger partial charge >= 0.3 is 0 Å². The maximum Gasteiger partial charge on any atom is 0.286 e. The number of piperidine rings is 1. The molecule has 0 bridgehead atoms. The minimum absolute atomic E-state index is 0.0306. The molecule has 1 aromatic carbocycles. The van der Waals surface area contributed by atoms with Crippen LogP contribution in [0.4, 0.5) is 0 Å². The summed E-state index contributed by atoms with van der Waals surface area (Å²) >= 11 is 14.3. The Morgan fingerprint density at radius 2 is 1.82 bits per heavy atom. The normalized spacial score (nSPS) is 18.2. The molecule has 16 heteroatoms. The Labute approximate surface area is 279 Å². The molecule has 3 aromatic rings. The van der Waals surface area contributed by atoms with Gasteiger partial charge in [0.2, 0.25) is 0 Å². The van der Waals surface area contributed by atoms with Crippen LogP contribution >= 0.6 is 45.1 Å². The van der Waals surface area contributed by atoms with Gasteiger partial charge in [-0.3, -0.25) is 19.3 Å². The lowest BCUT2D eigenvalue weighted by Gasteiger charge is -2.40. The van der Waals surface area contributed by atoms with Crippen molar-refractivity contribution in [3.8, 4) is 28.1 Å². The predicted molar refractivity (Wildman–Crippen MR) is 181 cm³/mol. The van der Waals surface area contributed by atoms with Gasteiger partial charge in [-0.15, -0.1) is 11.3 Å². The van der Waals surface area contributed by atoms with Crippen molar-refractivity contribution in [2.24, 2.45) is 0 Å². The van der Waals surface area contributed by atoms with Gasteiger partial charge in [0, 0.05) is 49.7 Å². The molecule has 0 atom stereocenters. The third kappa shape index (κ3) is 8.41. The van der Waals surface area contributed by atoms with Gasteiger partial charge in [0.05, 0.1) is 37.7 Å². The van der Waals surface area contributed by atoms with E-state index in [4.69, 9.17) is 28.3 Å². The molecular weight excluding hydrogens is 679 g/mol. The zero-order chi connectivity index (χ0) is 32.2. The molecule has 11 nitrogen and oxygen atoms in total. The fraction of sp³-hybridized carbons (Fsp3) is 0.448. The quantitative estimate of drug-likeness (QED) is 0.212. The molecule has 5 rings (SSSR count). The molecule has 1 amide bonds. The summed E-state index contributed by atoms with van der Waals surface area (Å²) in [5.74, 6) is 5.79. The van der Waals surface area contributed by atoms with E-state index in [1.807, 2.05) is 17.1 Å². The average molecular weight is 716 g/mol. The highest BCUT2D eigenvalue weighted by atomic mass is 35.5. The number of carbonyl (C=O) groups excluding carboxylic acids is 1. The van der Waals surface area contributed by atoms with Gasteiger partial charge in [0.15, 0.2) is 5.69 Å². The Bertz CT molecular complexity index is 1700. The number of halogens is 2. The van der Waals surface area contributed by atoms with Crippen molar-refractivity contribution in [2.75, 3.05) is 37.7 Å². The maximum absolute atomic E-state index is 13.8. The first kappa shape index (κ1) is 34.2. The summed E-state index contributed by atoms with van der Waals surface area (Å²) in [7, 11) is -6.84. The van der Waals surface area contributed by atoms with Gasteiger partial charge in [-0.05, 0) is 49.6 Å². The zero-order valence-electron chi connectivity index (χ0n) is 24.8. The highest BCUT2D eigenvalue weighted by Gasteiger charge is 2.33. The lowest BCUT2D eigenvalue weighted by molar-refractivity contribution is 0.0743. The number of hydrogen-bond acceptors (Lipinski definition) is 8. The van der Waals surface area contributed by atoms with Crippen LogP contribution in [0.15, 0.2) is 30.3 Å². The van der Waals surface area contributed by atoms with Crippen LogP contribution in [0, 0.1) is 11.8 Å². The van der Waals surface area contributed by atoms with Crippen molar-refractivity contribution >= 4 is 61.2 Å². The Balaban J connectivity index is 1.60.